The van der Waals surface area contributed by atoms with Gasteiger partial charge in [0.25, 0.3) is 5.91 Å². The molecule has 0 aliphatic carbocycles. The van der Waals surface area contributed by atoms with Gasteiger partial charge in [-0.25, -0.2) is 19.3 Å². The Bertz CT molecular complexity index is 1120. The zero-order valence-electron chi connectivity index (χ0n) is 15.1. The summed E-state index contributed by atoms with van der Waals surface area (Å²) in [5.41, 5.74) is 0.817. The molecule has 11 nitrogen and oxygen atoms in total. The average molecular weight is 392 g/mol. The number of nitrogens with zero attached hydrogens (tertiary/aromatic N) is 6. The number of hydrogen-bond acceptors (Lipinski definition) is 7. The van der Waals surface area contributed by atoms with Gasteiger partial charge in [0.15, 0.2) is 11.5 Å². The third-order valence-electron chi connectivity index (χ3n) is 4.57. The van der Waals surface area contributed by atoms with Crippen LogP contribution in [0.4, 0.5) is 16.4 Å². The summed E-state index contributed by atoms with van der Waals surface area (Å²) in [5, 5.41) is 27.1. The van der Waals surface area contributed by atoms with Crippen LogP contribution >= 0.6 is 0 Å². The quantitative estimate of drug-likeness (QED) is 0.597. The van der Waals surface area contributed by atoms with E-state index in [0.29, 0.717) is 25.1 Å². The van der Waals surface area contributed by atoms with E-state index in [1.165, 1.54) is 16.9 Å². The Morgan fingerprint density at radius 2 is 2.17 bits per heavy atom. The molecule has 2 amide bonds. The fourth-order valence-electron chi connectivity index (χ4n) is 3.27. The number of nitrogens with one attached hydrogen (secondary N) is 2. The van der Waals surface area contributed by atoms with Gasteiger partial charge in [-0.3, -0.25) is 10.1 Å². The number of aromatic nitrogens is 4. The van der Waals surface area contributed by atoms with Crippen LogP contribution in [0.5, 0.6) is 0 Å². The Morgan fingerprint density at radius 1 is 1.31 bits per heavy atom. The third kappa shape index (κ3) is 3.63. The van der Waals surface area contributed by atoms with Crippen LogP contribution < -0.4 is 15.5 Å². The normalized spacial score (nSPS) is 15.8. The van der Waals surface area contributed by atoms with Crippen molar-refractivity contribution in [3.8, 4) is 6.07 Å². The van der Waals surface area contributed by atoms with Crippen molar-refractivity contribution in [3.05, 3.63) is 47.9 Å². The molecule has 0 bridgehead atoms. The lowest BCUT2D eigenvalue weighted by molar-refractivity contribution is 0.0942. The van der Waals surface area contributed by atoms with E-state index in [9.17, 15) is 9.59 Å². The number of pyridine rings is 1. The van der Waals surface area contributed by atoms with Gasteiger partial charge in [0.2, 0.25) is 0 Å². The van der Waals surface area contributed by atoms with Gasteiger partial charge in [-0.1, -0.05) is 0 Å². The maximum absolute atomic E-state index is 12.9. The maximum atomic E-state index is 12.9. The molecule has 1 saturated heterocycles. The second kappa shape index (κ2) is 7.43. The molecule has 0 spiro atoms. The summed E-state index contributed by atoms with van der Waals surface area (Å²) in [5.74, 6) is 0.200. The summed E-state index contributed by atoms with van der Waals surface area (Å²) in [7, 11) is 0. The first-order valence-corrected chi connectivity index (χ1v) is 8.80. The minimum atomic E-state index is -1.32. The van der Waals surface area contributed by atoms with Crippen LogP contribution in [-0.2, 0) is 0 Å². The lowest BCUT2D eigenvalue weighted by Gasteiger charge is -2.18. The Kier molecular flexibility index (Phi) is 4.66. The van der Waals surface area contributed by atoms with Crippen molar-refractivity contribution < 1.29 is 14.7 Å². The van der Waals surface area contributed by atoms with Gasteiger partial charge in [0.05, 0.1) is 5.56 Å². The van der Waals surface area contributed by atoms with Crippen molar-refractivity contribution in [1.82, 2.24) is 24.9 Å². The molecule has 1 fully saturated rings. The Labute approximate surface area is 164 Å². The second-order valence-corrected chi connectivity index (χ2v) is 6.46. The zero-order chi connectivity index (χ0) is 20.4. The maximum Gasteiger partial charge on any atom is 0.410 e. The molecule has 4 rings (SSSR count). The molecule has 1 aliphatic rings. The molecule has 0 aromatic carbocycles. The van der Waals surface area contributed by atoms with E-state index < -0.39 is 12.0 Å². The summed E-state index contributed by atoms with van der Waals surface area (Å²) in [6, 6.07) is 6.97. The molecule has 1 atom stereocenters. The second-order valence-electron chi connectivity index (χ2n) is 6.46. The van der Waals surface area contributed by atoms with Crippen LogP contribution in [0, 0.1) is 11.3 Å². The molecule has 0 saturated carbocycles. The van der Waals surface area contributed by atoms with Crippen molar-refractivity contribution in [1.29, 1.82) is 5.26 Å². The number of carbonyl (C=O) groups excluding carboxylic acids is 1. The smallest absolute Gasteiger partial charge is 0.410 e. The van der Waals surface area contributed by atoms with E-state index in [1.807, 2.05) is 11.0 Å². The SMILES string of the molecule is N#Cc1ccc(N2CCC(NC(=O)c3c(NC(=O)O)nn4cccnc34)C2)nc1. The van der Waals surface area contributed by atoms with Crippen LogP contribution in [0.3, 0.4) is 0 Å². The van der Waals surface area contributed by atoms with Crippen LogP contribution in [-0.4, -0.2) is 55.8 Å². The molecule has 3 N–H and O–H groups in total. The molecule has 1 aliphatic heterocycles. The molecule has 29 heavy (non-hydrogen) atoms. The van der Waals surface area contributed by atoms with Gasteiger partial charge in [-0.2, -0.15) is 5.26 Å². The highest BCUT2D eigenvalue weighted by molar-refractivity contribution is 6.06. The highest BCUT2D eigenvalue weighted by Gasteiger charge is 2.28. The highest BCUT2D eigenvalue weighted by atomic mass is 16.4. The van der Waals surface area contributed by atoms with Crippen molar-refractivity contribution >= 4 is 29.3 Å². The Hall–Kier alpha value is -4.20. The number of nitriles is 1. The van der Waals surface area contributed by atoms with Crippen LogP contribution in [0.15, 0.2) is 36.8 Å². The summed E-state index contributed by atoms with van der Waals surface area (Å²) >= 11 is 0. The molecule has 4 heterocycles. The monoisotopic (exact) mass is 392 g/mol. The van der Waals surface area contributed by atoms with Gasteiger partial charge < -0.3 is 15.3 Å². The van der Waals surface area contributed by atoms with Crippen molar-refractivity contribution in [2.75, 3.05) is 23.3 Å². The van der Waals surface area contributed by atoms with E-state index in [1.54, 1.807) is 24.4 Å². The van der Waals surface area contributed by atoms with Gasteiger partial charge in [0, 0.05) is 37.7 Å². The van der Waals surface area contributed by atoms with Gasteiger partial charge in [0.1, 0.15) is 17.5 Å². The highest BCUT2D eigenvalue weighted by Crippen LogP contribution is 2.21. The molecular formula is C18H16N8O3. The number of carboxylic acid groups (broad SMARTS) is 1. The van der Waals surface area contributed by atoms with E-state index in [0.717, 1.165) is 5.82 Å². The van der Waals surface area contributed by atoms with Crippen molar-refractivity contribution in [3.63, 3.8) is 0 Å². The van der Waals surface area contributed by atoms with Gasteiger partial charge in [-0.15, -0.1) is 5.10 Å². The number of carbonyl (C=O) groups is 2. The molecule has 0 radical (unpaired) electrons. The lowest BCUT2D eigenvalue weighted by atomic mass is 10.2. The van der Waals surface area contributed by atoms with E-state index >= 15 is 0 Å². The number of anilines is 2. The fourth-order valence-corrected chi connectivity index (χ4v) is 3.27. The molecular weight excluding hydrogens is 376 g/mol. The first-order chi connectivity index (χ1) is 14.0. The standard InChI is InChI=1S/C18H16N8O3/c19-8-11-2-3-13(21-9-11)25-7-4-12(10-25)22-17(27)14-15(23-18(28)29)24-26-6-1-5-20-16(14)26/h1-3,5-6,9,12H,4,7,10H2,(H,22,27)(H,23,24)(H,28,29). The topological polar surface area (TPSA) is 149 Å². The predicted octanol–water partition coefficient (Wildman–Crippen LogP) is 1.09. The van der Waals surface area contributed by atoms with Gasteiger partial charge in [-0.05, 0) is 24.6 Å². The van der Waals surface area contributed by atoms with Crippen LogP contribution in [0.1, 0.15) is 22.3 Å². The van der Waals surface area contributed by atoms with Crippen molar-refractivity contribution in [2.45, 2.75) is 12.5 Å². The summed E-state index contributed by atoms with van der Waals surface area (Å²) in [6.07, 6.45) is 3.98. The minimum Gasteiger partial charge on any atom is -0.465 e. The first-order valence-electron chi connectivity index (χ1n) is 8.80. The first kappa shape index (κ1) is 18.2. The van der Waals surface area contributed by atoms with E-state index in [-0.39, 0.29) is 23.1 Å². The minimum absolute atomic E-state index is 0.0719. The fraction of sp³-hybridized carbons (Fsp3) is 0.222. The Morgan fingerprint density at radius 3 is 2.90 bits per heavy atom. The molecule has 1 unspecified atom stereocenters. The predicted molar refractivity (Wildman–Crippen MR) is 102 cm³/mol. The summed E-state index contributed by atoms with van der Waals surface area (Å²) in [6.45, 7) is 1.23. The lowest BCUT2D eigenvalue weighted by Crippen LogP contribution is -2.37. The number of rotatable bonds is 4. The molecule has 3 aromatic heterocycles. The molecule has 146 valence electrons. The van der Waals surface area contributed by atoms with Crippen LogP contribution in [0.25, 0.3) is 5.65 Å². The number of amides is 2. The van der Waals surface area contributed by atoms with Crippen LogP contribution in [0.2, 0.25) is 0 Å². The summed E-state index contributed by atoms with van der Waals surface area (Å²) in [4.78, 5) is 34.4. The van der Waals surface area contributed by atoms with E-state index in [4.69, 9.17) is 10.4 Å². The third-order valence-corrected chi connectivity index (χ3v) is 4.57. The Balaban J connectivity index is 1.51. The summed E-state index contributed by atoms with van der Waals surface area (Å²) < 4.78 is 1.35. The molecule has 11 heteroatoms. The zero-order valence-corrected chi connectivity index (χ0v) is 15.1. The largest absolute Gasteiger partial charge is 0.465 e. The molecule has 3 aromatic rings. The number of fused-ring (bicyclic) bond motifs is 1. The average Bonchev–Trinajstić information content (AvgIpc) is 3.31. The van der Waals surface area contributed by atoms with Gasteiger partial charge >= 0.3 is 6.09 Å². The van der Waals surface area contributed by atoms with Crippen molar-refractivity contribution in [2.24, 2.45) is 0 Å². The number of hydrogen-bond donors (Lipinski definition) is 3. The van der Waals surface area contributed by atoms with E-state index in [2.05, 4.69) is 25.7 Å².